The molecular formula is C18H28N2O2. The summed E-state index contributed by atoms with van der Waals surface area (Å²) in [5, 5.41) is 2.77. The van der Waals surface area contributed by atoms with Gasteiger partial charge in [0.05, 0.1) is 0 Å². The minimum absolute atomic E-state index is 0.110. The van der Waals surface area contributed by atoms with Crippen molar-refractivity contribution in [3.63, 3.8) is 0 Å². The second-order valence-corrected chi connectivity index (χ2v) is 7.47. The Labute approximate surface area is 133 Å². The first kappa shape index (κ1) is 18.2. The zero-order chi connectivity index (χ0) is 17.1. The van der Waals surface area contributed by atoms with Crippen LogP contribution in [0.2, 0.25) is 0 Å². The van der Waals surface area contributed by atoms with Crippen molar-refractivity contribution in [2.24, 2.45) is 0 Å². The minimum Gasteiger partial charge on any atom is -0.330 e. The number of hydrogen-bond donors (Lipinski definition) is 1. The number of benzene rings is 1. The molecule has 0 aliphatic heterocycles. The van der Waals surface area contributed by atoms with Crippen LogP contribution in [0.25, 0.3) is 0 Å². The molecule has 1 aromatic rings. The standard InChI is InChI=1S/C18H28N2O2/c1-8-20(18(5,6)7)16(22)15(21)19-14-12-10-9-11-13(14)17(2,3)4/h9-12H,8H2,1-7H3,(H,19,21). The molecule has 0 aliphatic rings. The number of carbonyl (C=O) groups excluding carboxylic acids is 2. The van der Waals surface area contributed by atoms with E-state index >= 15 is 0 Å². The van der Waals surface area contributed by atoms with Crippen LogP contribution in [-0.4, -0.2) is 28.8 Å². The van der Waals surface area contributed by atoms with Crippen LogP contribution in [0.15, 0.2) is 24.3 Å². The first-order chi connectivity index (χ1) is 9.98. The van der Waals surface area contributed by atoms with Gasteiger partial charge in [-0.05, 0) is 44.7 Å². The van der Waals surface area contributed by atoms with Gasteiger partial charge in [-0.2, -0.15) is 0 Å². The minimum atomic E-state index is -0.589. The second-order valence-electron chi connectivity index (χ2n) is 7.47. The lowest BCUT2D eigenvalue weighted by Crippen LogP contribution is -2.50. The molecule has 122 valence electrons. The van der Waals surface area contributed by atoms with E-state index in [1.165, 1.54) is 0 Å². The summed E-state index contributed by atoms with van der Waals surface area (Å²) in [5.74, 6) is -1.09. The Morgan fingerprint density at radius 3 is 2.05 bits per heavy atom. The highest BCUT2D eigenvalue weighted by molar-refractivity contribution is 6.39. The summed E-state index contributed by atoms with van der Waals surface area (Å²) in [6.07, 6.45) is 0. The van der Waals surface area contributed by atoms with Crippen LogP contribution < -0.4 is 5.32 Å². The molecule has 0 aliphatic carbocycles. The molecule has 0 atom stereocenters. The van der Waals surface area contributed by atoms with Gasteiger partial charge in [-0.1, -0.05) is 39.0 Å². The van der Waals surface area contributed by atoms with E-state index in [0.717, 1.165) is 5.56 Å². The van der Waals surface area contributed by atoms with Gasteiger partial charge >= 0.3 is 11.8 Å². The van der Waals surface area contributed by atoms with Crippen LogP contribution >= 0.6 is 0 Å². The van der Waals surface area contributed by atoms with Gasteiger partial charge in [0.1, 0.15) is 0 Å². The predicted molar refractivity (Wildman–Crippen MR) is 90.9 cm³/mol. The van der Waals surface area contributed by atoms with Crippen LogP contribution in [0.4, 0.5) is 5.69 Å². The third kappa shape index (κ3) is 4.33. The van der Waals surface area contributed by atoms with E-state index in [-0.39, 0.29) is 11.0 Å². The van der Waals surface area contributed by atoms with Gasteiger partial charge in [0, 0.05) is 17.8 Å². The van der Waals surface area contributed by atoms with Gasteiger partial charge in [0.15, 0.2) is 0 Å². The zero-order valence-corrected chi connectivity index (χ0v) is 14.8. The number of rotatable bonds is 2. The third-order valence-corrected chi connectivity index (χ3v) is 3.55. The van der Waals surface area contributed by atoms with Crippen molar-refractivity contribution in [1.82, 2.24) is 4.90 Å². The molecule has 22 heavy (non-hydrogen) atoms. The summed E-state index contributed by atoms with van der Waals surface area (Å²) in [7, 11) is 0. The van der Waals surface area contributed by atoms with Crippen molar-refractivity contribution in [2.75, 3.05) is 11.9 Å². The average Bonchev–Trinajstić information content (AvgIpc) is 2.37. The number of nitrogens with one attached hydrogen (secondary N) is 1. The summed E-state index contributed by atoms with van der Waals surface area (Å²) in [5.41, 5.74) is 1.21. The fourth-order valence-electron chi connectivity index (χ4n) is 2.47. The lowest BCUT2D eigenvalue weighted by Gasteiger charge is -2.34. The van der Waals surface area contributed by atoms with Crippen LogP contribution in [0.1, 0.15) is 54.0 Å². The van der Waals surface area contributed by atoms with E-state index in [1.807, 2.05) is 52.0 Å². The van der Waals surface area contributed by atoms with Gasteiger partial charge in [-0.25, -0.2) is 0 Å². The predicted octanol–water partition coefficient (Wildman–Crippen LogP) is 3.57. The van der Waals surface area contributed by atoms with Crippen LogP contribution in [0.3, 0.4) is 0 Å². The fourth-order valence-corrected chi connectivity index (χ4v) is 2.47. The highest BCUT2D eigenvalue weighted by Crippen LogP contribution is 2.29. The van der Waals surface area contributed by atoms with Gasteiger partial charge < -0.3 is 10.2 Å². The molecule has 1 aromatic carbocycles. The van der Waals surface area contributed by atoms with Crippen LogP contribution in [0, 0.1) is 0 Å². The number of nitrogens with zero attached hydrogens (tertiary/aromatic N) is 1. The van der Waals surface area contributed by atoms with Crippen molar-refractivity contribution < 1.29 is 9.59 Å². The Balaban J connectivity index is 3.02. The van der Waals surface area contributed by atoms with Crippen LogP contribution in [-0.2, 0) is 15.0 Å². The van der Waals surface area contributed by atoms with Gasteiger partial charge in [-0.3, -0.25) is 9.59 Å². The van der Waals surface area contributed by atoms with Gasteiger partial charge in [0.25, 0.3) is 0 Å². The molecule has 4 nitrogen and oxygen atoms in total. The molecule has 1 rings (SSSR count). The van der Waals surface area contributed by atoms with Crippen molar-refractivity contribution in [2.45, 2.75) is 59.4 Å². The maximum Gasteiger partial charge on any atom is 0.313 e. The van der Waals surface area contributed by atoms with E-state index in [9.17, 15) is 9.59 Å². The maximum atomic E-state index is 12.4. The smallest absolute Gasteiger partial charge is 0.313 e. The molecule has 0 radical (unpaired) electrons. The number of likely N-dealkylation sites (N-methyl/N-ethyl adjacent to an activating group) is 1. The molecule has 0 saturated carbocycles. The van der Waals surface area contributed by atoms with Gasteiger partial charge in [0.2, 0.25) is 0 Å². The second kappa shape index (κ2) is 6.51. The molecular weight excluding hydrogens is 276 g/mol. The summed E-state index contributed by atoms with van der Waals surface area (Å²) < 4.78 is 0. The molecule has 0 heterocycles. The molecule has 2 amide bonds. The van der Waals surface area contributed by atoms with Crippen molar-refractivity contribution in [3.05, 3.63) is 29.8 Å². The van der Waals surface area contributed by atoms with Crippen molar-refractivity contribution in [3.8, 4) is 0 Å². The highest BCUT2D eigenvalue weighted by Gasteiger charge is 2.30. The van der Waals surface area contributed by atoms with E-state index < -0.39 is 11.8 Å². The van der Waals surface area contributed by atoms with E-state index in [0.29, 0.717) is 12.2 Å². The molecule has 0 fully saturated rings. The topological polar surface area (TPSA) is 49.4 Å². The highest BCUT2D eigenvalue weighted by atomic mass is 16.2. The quantitative estimate of drug-likeness (QED) is 0.849. The van der Waals surface area contributed by atoms with E-state index in [1.54, 1.807) is 4.90 Å². The Kier molecular flexibility index (Phi) is 5.39. The SMILES string of the molecule is CCN(C(=O)C(=O)Nc1ccccc1C(C)(C)C)C(C)(C)C. The fraction of sp³-hybridized carbons (Fsp3) is 0.556. The van der Waals surface area contributed by atoms with Crippen LogP contribution in [0.5, 0.6) is 0 Å². The molecule has 0 aromatic heterocycles. The zero-order valence-electron chi connectivity index (χ0n) is 14.8. The van der Waals surface area contributed by atoms with Crippen molar-refractivity contribution in [1.29, 1.82) is 0 Å². The van der Waals surface area contributed by atoms with E-state index in [2.05, 4.69) is 26.1 Å². The molecule has 0 unspecified atom stereocenters. The normalized spacial score (nSPS) is 12.0. The largest absolute Gasteiger partial charge is 0.330 e. The first-order valence-electron chi connectivity index (χ1n) is 7.71. The number of para-hydroxylation sites is 1. The molecule has 0 spiro atoms. The lowest BCUT2D eigenvalue weighted by atomic mass is 9.86. The Morgan fingerprint density at radius 1 is 1.05 bits per heavy atom. The first-order valence-corrected chi connectivity index (χ1v) is 7.71. The van der Waals surface area contributed by atoms with Gasteiger partial charge in [-0.15, -0.1) is 0 Å². The molecule has 4 heteroatoms. The summed E-state index contributed by atoms with van der Waals surface area (Å²) in [6.45, 7) is 14.4. The Bertz CT molecular complexity index is 551. The summed E-state index contributed by atoms with van der Waals surface area (Å²) in [4.78, 5) is 26.3. The molecule has 1 N–H and O–H groups in total. The molecule has 0 saturated heterocycles. The summed E-state index contributed by atoms with van der Waals surface area (Å²) >= 11 is 0. The van der Waals surface area contributed by atoms with E-state index in [4.69, 9.17) is 0 Å². The Hall–Kier alpha value is -1.84. The number of hydrogen-bond acceptors (Lipinski definition) is 2. The number of amides is 2. The Morgan fingerprint density at radius 2 is 1.59 bits per heavy atom. The average molecular weight is 304 g/mol. The molecule has 0 bridgehead atoms. The number of carbonyl (C=O) groups is 2. The van der Waals surface area contributed by atoms with Crippen molar-refractivity contribution >= 4 is 17.5 Å². The maximum absolute atomic E-state index is 12.4. The lowest BCUT2D eigenvalue weighted by molar-refractivity contribution is -0.146. The third-order valence-electron chi connectivity index (χ3n) is 3.55. The monoisotopic (exact) mass is 304 g/mol. The summed E-state index contributed by atoms with van der Waals surface area (Å²) in [6, 6.07) is 7.60. The number of anilines is 1.